The van der Waals surface area contributed by atoms with Crippen molar-refractivity contribution in [3.8, 4) is 11.5 Å². The van der Waals surface area contributed by atoms with Gasteiger partial charge < -0.3 is 19.2 Å². The predicted molar refractivity (Wildman–Crippen MR) is 103 cm³/mol. The van der Waals surface area contributed by atoms with Crippen molar-refractivity contribution < 1.29 is 27.5 Å². The van der Waals surface area contributed by atoms with E-state index in [1.54, 1.807) is 18.2 Å². The maximum atomic E-state index is 12.3. The molecule has 3 aromatic rings. The Labute approximate surface area is 172 Å². The first-order chi connectivity index (χ1) is 13.4. The number of amides is 1. The van der Waals surface area contributed by atoms with Crippen molar-refractivity contribution in [1.82, 2.24) is 0 Å². The Balaban J connectivity index is 1.59. The molecule has 0 bridgehead atoms. The molecule has 1 aromatic heterocycles. The third-order valence-corrected chi connectivity index (χ3v) is 4.31. The molecule has 1 heterocycles. The van der Waals surface area contributed by atoms with Crippen LogP contribution in [-0.2, 0) is 6.61 Å². The van der Waals surface area contributed by atoms with E-state index in [0.717, 1.165) is 4.47 Å². The van der Waals surface area contributed by atoms with Gasteiger partial charge in [0.05, 0.1) is 5.02 Å². The molecular weight excluding hydrogens is 460 g/mol. The summed E-state index contributed by atoms with van der Waals surface area (Å²) in [5, 5.41) is 2.51. The van der Waals surface area contributed by atoms with Gasteiger partial charge in [0.25, 0.3) is 5.91 Å². The molecule has 0 atom stereocenters. The standard InChI is InChI=1S/C19H13BrClF2NO4/c20-11-1-4-13(5-2-11)26-10-14-6-8-17(27-14)18(25)24-12-3-7-16(15(21)9-12)28-19(22)23/h1-9,19H,10H2,(H,24,25). The minimum atomic E-state index is -2.99. The lowest BCUT2D eigenvalue weighted by Crippen LogP contribution is -2.11. The van der Waals surface area contributed by atoms with Crippen LogP contribution in [0.5, 0.6) is 11.5 Å². The molecule has 0 unspecified atom stereocenters. The van der Waals surface area contributed by atoms with E-state index in [-0.39, 0.29) is 23.1 Å². The maximum Gasteiger partial charge on any atom is 0.387 e. The molecule has 0 fully saturated rings. The lowest BCUT2D eigenvalue weighted by atomic mass is 10.3. The van der Waals surface area contributed by atoms with Gasteiger partial charge in [0.15, 0.2) is 5.76 Å². The fourth-order valence-electron chi connectivity index (χ4n) is 2.23. The number of rotatable bonds is 7. The Morgan fingerprint density at radius 3 is 2.57 bits per heavy atom. The van der Waals surface area contributed by atoms with Gasteiger partial charge in [0.2, 0.25) is 0 Å². The van der Waals surface area contributed by atoms with E-state index in [2.05, 4.69) is 26.0 Å². The quantitative estimate of drug-likeness (QED) is 0.449. The van der Waals surface area contributed by atoms with E-state index >= 15 is 0 Å². The number of carbonyl (C=O) groups excluding carboxylic acids is 1. The monoisotopic (exact) mass is 471 g/mol. The van der Waals surface area contributed by atoms with Crippen LogP contribution < -0.4 is 14.8 Å². The number of carbonyl (C=O) groups is 1. The van der Waals surface area contributed by atoms with Crippen molar-refractivity contribution >= 4 is 39.1 Å². The molecule has 5 nitrogen and oxygen atoms in total. The largest absolute Gasteiger partial charge is 0.486 e. The number of hydrogen-bond acceptors (Lipinski definition) is 4. The van der Waals surface area contributed by atoms with Crippen LogP contribution >= 0.6 is 27.5 Å². The van der Waals surface area contributed by atoms with Gasteiger partial charge in [-0.25, -0.2) is 0 Å². The molecule has 28 heavy (non-hydrogen) atoms. The molecule has 0 spiro atoms. The number of hydrogen-bond donors (Lipinski definition) is 1. The summed E-state index contributed by atoms with van der Waals surface area (Å²) in [6, 6.07) is 14.4. The number of alkyl halides is 2. The van der Waals surface area contributed by atoms with Crippen LogP contribution in [0.25, 0.3) is 0 Å². The van der Waals surface area contributed by atoms with Crippen molar-refractivity contribution in [2.45, 2.75) is 13.2 Å². The van der Waals surface area contributed by atoms with Crippen LogP contribution in [0, 0.1) is 0 Å². The zero-order valence-electron chi connectivity index (χ0n) is 14.1. The molecule has 0 aliphatic rings. The summed E-state index contributed by atoms with van der Waals surface area (Å²) in [7, 11) is 0. The first-order valence-corrected chi connectivity index (χ1v) is 9.10. The summed E-state index contributed by atoms with van der Waals surface area (Å²) in [5.41, 5.74) is 0.306. The third-order valence-electron chi connectivity index (χ3n) is 3.49. The number of furan rings is 1. The van der Waals surface area contributed by atoms with Crippen molar-refractivity contribution in [3.05, 3.63) is 75.6 Å². The van der Waals surface area contributed by atoms with Crippen LogP contribution in [0.4, 0.5) is 14.5 Å². The molecule has 146 valence electrons. The summed E-state index contributed by atoms with van der Waals surface area (Å²) in [4.78, 5) is 12.3. The first-order valence-electron chi connectivity index (χ1n) is 7.93. The Hall–Kier alpha value is -2.58. The average Bonchev–Trinajstić information content (AvgIpc) is 3.12. The zero-order chi connectivity index (χ0) is 20.1. The van der Waals surface area contributed by atoms with E-state index in [1.807, 2.05) is 12.1 Å². The highest BCUT2D eigenvalue weighted by molar-refractivity contribution is 9.10. The van der Waals surface area contributed by atoms with Crippen LogP contribution in [0.1, 0.15) is 16.3 Å². The van der Waals surface area contributed by atoms with Gasteiger partial charge in [-0.3, -0.25) is 4.79 Å². The molecule has 3 rings (SSSR count). The second-order valence-electron chi connectivity index (χ2n) is 5.49. The highest BCUT2D eigenvalue weighted by Crippen LogP contribution is 2.29. The van der Waals surface area contributed by atoms with Gasteiger partial charge >= 0.3 is 6.61 Å². The van der Waals surface area contributed by atoms with Gasteiger partial charge in [0, 0.05) is 10.2 Å². The molecule has 0 aliphatic carbocycles. The Morgan fingerprint density at radius 2 is 1.89 bits per heavy atom. The Bertz CT molecular complexity index is 963. The number of halogens is 4. The fraction of sp³-hybridized carbons (Fsp3) is 0.105. The van der Waals surface area contributed by atoms with Crippen LogP contribution in [0.15, 0.2) is 63.5 Å². The van der Waals surface area contributed by atoms with Crippen LogP contribution in [0.3, 0.4) is 0 Å². The fourth-order valence-corrected chi connectivity index (χ4v) is 2.72. The molecular formula is C19H13BrClF2NO4. The summed E-state index contributed by atoms with van der Waals surface area (Å²) in [6.07, 6.45) is 0. The predicted octanol–water partition coefficient (Wildman–Crippen LogP) is 6.13. The minimum absolute atomic E-state index is 0.0545. The van der Waals surface area contributed by atoms with E-state index < -0.39 is 12.5 Å². The van der Waals surface area contributed by atoms with E-state index in [1.165, 1.54) is 24.3 Å². The SMILES string of the molecule is O=C(Nc1ccc(OC(F)F)c(Cl)c1)c1ccc(COc2ccc(Br)cc2)o1. The molecule has 0 saturated heterocycles. The number of nitrogens with one attached hydrogen (secondary N) is 1. The number of benzene rings is 2. The van der Waals surface area contributed by atoms with Crippen molar-refractivity contribution in [1.29, 1.82) is 0 Å². The van der Waals surface area contributed by atoms with Crippen molar-refractivity contribution in [2.75, 3.05) is 5.32 Å². The molecule has 0 saturated carbocycles. The lowest BCUT2D eigenvalue weighted by molar-refractivity contribution is -0.0497. The topological polar surface area (TPSA) is 60.7 Å². The second kappa shape index (κ2) is 9.07. The van der Waals surface area contributed by atoms with E-state index in [4.69, 9.17) is 20.8 Å². The average molecular weight is 473 g/mol. The normalized spacial score (nSPS) is 10.8. The van der Waals surface area contributed by atoms with Gasteiger partial charge in [-0.15, -0.1) is 0 Å². The van der Waals surface area contributed by atoms with E-state index in [0.29, 0.717) is 17.2 Å². The number of anilines is 1. The smallest absolute Gasteiger partial charge is 0.387 e. The third kappa shape index (κ3) is 5.46. The lowest BCUT2D eigenvalue weighted by Gasteiger charge is -2.09. The molecule has 9 heteroatoms. The van der Waals surface area contributed by atoms with Gasteiger partial charge in [0.1, 0.15) is 23.9 Å². The zero-order valence-corrected chi connectivity index (χ0v) is 16.5. The number of ether oxygens (including phenoxy) is 2. The highest BCUT2D eigenvalue weighted by Gasteiger charge is 2.14. The summed E-state index contributed by atoms with van der Waals surface area (Å²) < 4.78 is 40.7. The highest BCUT2D eigenvalue weighted by atomic mass is 79.9. The summed E-state index contributed by atoms with van der Waals surface area (Å²) in [6.45, 7) is -2.83. The Kier molecular flexibility index (Phi) is 6.53. The van der Waals surface area contributed by atoms with Gasteiger partial charge in [-0.05, 0) is 54.6 Å². The molecule has 2 aromatic carbocycles. The molecule has 1 N–H and O–H groups in total. The molecule has 0 radical (unpaired) electrons. The van der Waals surface area contributed by atoms with Crippen molar-refractivity contribution in [3.63, 3.8) is 0 Å². The Morgan fingerprint density at radius 1 is 1.14 bits per heavy atom. The summed E-state index contributed by atoms with van der Waals surface area (Å²) >= 11 is 9.20. The van der Waals surface area contributed by atoms with E-state index in [9.17, 15) is 13.6 Å². The van der Waals surface area contributed by atoms with Crippen molar-refractivity contribution in [2.24, 2.45) is 0 Å². The first kappa shape index (κ1) is 20.2. The second-order valence-corrected chi connectivity index (χ2v) is 6.81. The van der Waals surface area contributed by atoms with Crippen LogP contribution in [0.2, 0.25) is 5.02 Å². The van der Waals surface area contributed by atoms with Crippen LogP contribution in [-0.4, -0.2) is 12.5 Å². The molecule has 1 amide bonds. The van der Waals surface area contributed by atoms with Gasteiger partial charge in [-0.1, -0.05) is 27.5 Å². The van der Waals surface area contributed by atoms with Gasteiger partial charge in [-0.2, -0.15) is 8.78 Å². The minimum Gasteiger partial charge on any atom is -0.486 e. The summed E-state index contributed by atoms with van der Waals surface area (Å²) in [5.74, 6) is 0.491. The molecule has 0 aliphatic heterocycles. The maximum absolute atomic E-state index is 12.3.